The quantitative estimate of drug-likeness (QED) is 0.271. The highest BCUT2D eigenvalue weighted by Crippen LogP contribution is 2.70. The molecule has 9 heteroatoms. The zero-order chi connectivity index (χ0) is 29.7. The van der Waals surface area contributed by atoms with E-state index in [2.05, 4.69) is 5.16 Å². The lowest BCUT2D eigenvalue weighted by Gasteiger charge is -2.65. The Balaban J connectivity index is 1.07. The van der Waals surface area contributed by atoms with Crippen molar-refractivity contribution < 1.29 is 22.1 Å². The Bertz CT molecular complexity index is 1680. The van der Waals surface area contributed by atoms with Gasteiger partial charge < -0.3 is 9.42 Å². The second-order valence-corrected chi connectivity index (χ2v) is 16.8. The van der Waals surface area contributed by atoms with Crippen LogP contribution in [0.3, 0.4) is 0 Å². The number of amides is 1. The van der Waals surface area contributed by atoms with Gasteiger partial charge in [0.05, 0.1) is 11.2 Å². The van der Waals surface area contributed by atoms with E-state index in [1.54, 1.807) is 0 Å². The van der Waals surface area contributed by atoms with E-state index in [1.807, 2.05) is 53.4 Å². The van der Waals surface area contributed by atoms with Crippen molar-refractivity contribution in [3.63, 3.8) is 0 Å². The predicted molar refractivity (Wildman–Crippen MR) is 161 cm³/mol. The standard InChI is InChI=1S/C34H38FN3O4S/c1-43(40,41)18-23-4-2-5-25(16-23)26-6-3-7-27(17-26)38(30(39)33-19-34(35,20-33)21-33)22-31-10-13-32(14-11-31,15-12-31)29-36-28(37-42-29)24-8-9-24/h2-7,16-17,24H,8-15,18-22H2,1H3. The molecule has 4 bridgehead atoms. The van der Waals surface area contributed by atoms with Gasteiger partial charge in [0.1, 0.15) is 5.67 Å². The molecule has 0 saturated heterocycles. The third-order valence-electron chi connectivity index (χ3n) is 11.2. The number of benzene rings is 2. The van der Waals surface area contributed by atoms with Gasteiger partial charge in [-0.1, -0.05) is 41.6 Å². The minimum atomic E-state index is -3.16. The first kappa shape index (κ1) is 27.5. The highest BCUT2D eigenvalue weighted by atomic mass is 32.2. The van der Waals surface area contributed by atoms with Crippen molar-refractivity contribution in [2.45, 2.75) is 93.4 Å². The van der Waals surface area contributed by atoms with Gasteiger partial charge in [0.25, 0.3) is 0 Å². The lowest BCUT2D eigenvalue weighted by Crippen LogP contribution is -2.71. The van der Waals surface area contributed by atoms with Gasteiger partial charge in [-0.05, 0) is 105 Å². The average Bonchev–Trinajstić information content (AvgIpc) is 3.69. The van der Waals surface area contributed by atoms with Gasteiger partial charge >= 0.3 is 0 Å². The van der Waals surface area contributed by atoms with Gasteiger partial charge in [-0.2, -0.15) is 4.98 Å². The fourth-order valence-electron chi connectivity index (χ4n) is 8.57. The molecule has 7 fully saturated rings. The highest BCUT2D eigenvalue weighted by Gasteiger charge is 2.73. The molecule has 7 aliphatic carbocycles. The molecule has 7 aliphatic rings. The molecule has 43 heavy (non-hydrogen) atoms. The normalized spacial score (nSPS) is 32.6. The molecular formula is C34H38FN3O4S. The van der Waals surface area contributed by atoms with Crippen molar-refractivity contribution in [1.82, 2.24) is 10.1 Å². The van der Waals surface area contributed by atoms with Crippen LogP contribution in [0.2, 0.25) is 0 Å². The predicted octanol–water partition coefficient (Wildman–Crippen LogP) is 6.68. The van der Waals surface area contributed by atoms with Gasteiger partial charge in [-0.15, -0.1) is 0 Å². The van der Waals surface area contributed by atoms with Crippen molar-refractivity contribution in [3.05, 3.63) is 65.8 Å². The minimum absolute atomic E-state index is 0.000895. The first-order valence-electron chi connectivity index (χ1n) is 15.7. The van der Waals surface area contributed by atoms with Crippen molar-refractivity contribution in [2.24, 2.45) is 10.8 Å². The number of carbonyl (C=O) groups excluding carboxylic acids is 1. The van der Waals surface area contributed by atoms with Crippen LogP contribution in [0, 0.1) is 10.8 Å². The van der Waals surface area contributed by atoms with Gasteiger partial charge in [0.15, 0.2) is 15.7 Å². The number of nitrogens with zero attached hydrogens (tertiary/aromatic N) is 3. The number of sulfone groups is 1. The summed E-state index contributed by atoms with van der Waals surface area (Å²) in [5, 5.41) is 4.30. The molecule has 1 aromatic heterocycles. The number of rotatable bonds is 9. The van der Waals surface area contributed by atoms with Crippen LogP contribution in [0.5, 0.6) is 0 Å². The molecule has 10 rings (SSSR count). The number of carbonyl (C=O) groups is 1. The topological polar surface area (TPSA) is 93.4 Å². The molecule has 0 radical (unpaired) electrons. The van der Waals surface area contributed by atoms with E-state index in [0.29, 0.717) is 31.7 Å². The number of hydrogen-bond donors (Lipinski definition) is 0. The number of alkyl halides is 1. The minimum Gasteiger partial charge on any atom is -0.339 e. The van der Waals surface area contributed by atoms with Crippen molar-refractivity contribution in [1.29, 1.82) is 0 Å². The van der Waals surface area contributed by atoms with Crippen molar-refractivity contribution >= 4 is 21.4 Å². The van der Waals surface area contributed by atoms with Crippen LogP contribution in [0.15, 0.2) is 53.1 Å². The summed E-state index contributed by atoms with van der Waals surface area (Å²) in [6.07, 6.45) is 10.4. The summed E-state index contributed by atoms with van der Waals surface area (Å²) in [5.41, 5.74) is 1.62. The van der Waals surface area contributed by atoms with E-state index in [9.17, 15) is 17.6 Å². The lowest BCUT2D eigenvalue weighted by atomic mass is 9.41. The van der Waals surface area contributed by atoms with Gasteiger partial charge in [-0.25, -0.2) is 12.8 Å². The smallest absolute Gasteiger partial charge is 0.233 e. The molecule has 0 atom stereocenters. The molecule has 226 valence electrons. The average molecular weight is 604 g/mol. The van der Waals surface area contributed by atoms with E-state index < -0.39 is 20.9 Å². The molecule has 7 saturated carbocycles. The number of aromatic nitrogens is 2. The number of halogens is 1. The Morgan fingerprint density at radius 2 is 1.63 bits per heavy atom. The van der Waals surface area contributed by atoms with E-state index >= 15 is 0 Å². The Kier molecular flexibility index (Phi) is 5.89. The van der Waals surface area contributed by atoms with Crippen LogP contribution in [0.1, 0.15) is 93.8 Å². The first-order valence-corrected chi connectivity index (χ1v) is 17.8. The van der Waals surface area contributed by atoms with Gasteiger partial charge in [-0.3, -0.25) is 4.79 Å². The van der Waals surface area contributed by atoms with Crippen LogP contribution in [0.4, 0.5) is 10.1 Å². The van der Waals surface area contributed by atoms with Crippen molar-refractivity contribution in [2.75, 3.05) is 17.7 Å². The van der Waals surface area contributed by atoms with Crippen LogP contribution >= 0.6 is 0 Å². The molecule has 0 N–H and O–H groups in total. The van der Waals surface area contributed by atoms with Crippen LogP contribution in [0.25, 0.3) is 11.1 Å². The summed E-state index contributed by atoms with van der Waals surface area (Å²) in [7, 11) is -3.16. The molecule has 2 aromatic carbocycles. The first-order chi connectivity index (χ1) is 20.5. The Morgan fingerprint density at radius 1 is 0.977 bits per heavy atom. The number of hydrogen-bond acceptors (Lipinski definition) is 6. The summed E-state index contributed by atoms with van der Waals surface area (Å²) < 4.78 is 44.3. The SMILES string of the molecule is CS(=O)(=O)Cc1cccc(-c2cccc(N(CC34CCC(c5nc(C6CC6)no5)(CC3)CC4)C(=O)C34CC(F)(C3)C4)c2)c1. The van der Waals surface area contributed by atoms with Gasteiger partial charge in [0.2, 0.25) is 11.8 Å². The van der Waals surface area contributed by atoms with E-state index in [4.69, 9.17) is 9.51 Å². The zero-order valence-corrected chi connectivity index (χ0v) is 25.5. The summed E-state index contributed by atoms with van der Waals surface area (Å²) in [5.74, 6) is 2.18. The maximum Gasteiger partial charge on any atom is 0.233 e. The van der Waals surface area contributed by atoms with E-state index in [1.165, 1.54) is 6.26 Å². The van der Waals surface area contributed by atoms with Crippen LogP contribution in [-0.2, 0) is 25.8 Å². The largest absolute Gasteiger partial charge is 0.339 e. The summed E-state index contributed by atoms with van der Waals surface area (Å²) >= 11 is 0. The molecule has 1 heterocycles. The molecule has 0 spiro atoms. The fraction of sp³-hybridized carbons (Fsp3) is 0.559. The lowest BCUT2D eigenvalue weighted by molar-refractivity contribution is -0.211. The highest BCUT2D eigenvalue weighted by molar-refractivity contribution is 7.89. The molecular weight excluding hydrogens is 565 g/mol. The number of anilines is 1. The van der Waals surface area contributed by atoms with E-state index in [-0.39, 0.29) is 22.5 Å². The Hall–Kier alpha value is -3.07. The third-order valence-corrected chi connectivity index (χ3v) is 12.1. The monoisotopic (exact) mass is 603 g/mol. The molecule has 0 unspecified atom stereocenters. The molecule has 7 nitrogen and oxygen atoms in total. The maximum atomic E-state index is 14.6. The molecule has 0 aliphatic heterocycles. The summed E-state index contributed by atoms with van der Waals surface area (Å²) in [6.45, 7) is 0.623. The van der Waals surface area contributed by atoms with Gasteiger partial charge in [0, 0.05) is 29.8 Å². The Labute approximate surface area is 252 Å². The number of fused-ring (bicyclic) bond motifs is 3. The van der Waals surface area contributed by atoms with E-state index in [0.717, 1.165) is 85.5 Å². The summed E-state index contributed by atoms with van der Waals surface area (Å²) in [6, 6.07) is 15.6. The second-order valence-electron chi connectivity index (χ2n) is 14.7. The molecule has 1 amide bonds. The van der Waals surface area contributed by atoms with Crippen LogP contribution < -0.4 is 4.90 Å². The maximum absolute atomic E-state index is 14.6. The Morgan fingerprint density at radius 3 is 2.26 bits per heavy atom. The fourth-order valence-corrected chi connectivity index (χ4v) is 9.35. The third kappa shape index (κ3) is 4.73. The molecule has 3 aromatic rings. The van der Waals surface area contributed by atoms with Crippen molar-refractivity contribution in [3.8, 4) is 11.1 Å². The second kappa shape index (κ2) is 9.22. The van der Waals surface area contributed by atoms with Crippen LogP contribution in [-0.4, -0.2) is 42.9 Å². The summed E-state index contributed by atoms with van der Waals surface area (Å²) in [4.78, 5) is 21.1. The zero-order valence-electron chi connectivity index (χ0n) is 24.6.